The van der Waals surface area contributed by atoms with Gasteiger partial charge in [-0.3, -0.25) is 14.4 Å². The van der Waals surface area contributed by atoms with Gasteiger partial charge in [0, 0.05) is 5.56 Å². The van der Waals surface area contributed by atoms with Gasteiger partial charge in [-0.1, -0.05) is 48.5 Å². The average Bonchev–Trinajstić information content (AvgIpc) is 3.33. The number of ketones is 1. The standard InChI is InChI=1S/C35H25Cl2NO6/c1-19(30(39)20-13-17-23(43-2)18-14-20)44-33(42)21-11-15-22(16-12-21)38-31(40)28-29(32(38)41)35(37)25-8-4-3-7-24(25)34(28,36)26-9-5-6-10-27(26)35/h3-19,28-29H,1-2H3/t19-,28-,29+,34?,35?/m1/s1. The van der Waals surface area contributed by atoms with Crippen LogP contribution in [-0.2, 0) is 24.1 Å². The molecule has 0 radical (unpaired) electrons. The number of methoxy groups -OCH3 is 1. The maximum Gasteiger partial charge on any atom is 0.338 e. The molecule has 0 N–H and O–H groups in total. The van der Waals surface area contributed by atoms with Crippen molar-refractivity contribution in [1.82, 2.24) is 0 Å². The summed E-state index contributed by atoms with van der Waals surface area (Å²) >= 11 is 15.0. The normalized spacial score (nSPS) is 25.1. The predicted octanol–water partition coefficient (Wildman–Crippen LogP) is 6.22. The van der Waals surface area contributed by atoms with E-state index in [-0.39, 0.29) is 17.0 Å². The lowest BCUT2D eigenvalue weighted by molar-refractivity contribution is -0.122. The van der Waals surface area contributed by atoms with Crippen LogP contribution in [0.3, 0.4) is 0 Å². The van der Waals surface area contributed by atoms with Gasteiger partial charge >= 0.3 is 5.97 Å². The van der Waals surface area contributed by atoms with Crippen molar-refractivity contribution >= 4 is 52.5 Å². The van der Waals surface area contributed by atoms with Gasteiger partial charge in [0.15, 0.2) is 6.10 Å². The van der Waals surface area contributed by atoms with Gasteiger partial charge in [0.05, 0.1) is 30.2 Å². The minimum atomic E-state index is -1.29. The lowest BCUT2D eigenvalue weighted by Gasteiger charge is -2.54. The zero-order chi connectivity index (χ0) is 31.0. The number of esters is 1. The minimum absolute atomic E-state index is 0.155. The van der Waals surface area contributed by atoms with E-state index in [4.69, 9.17) is 32.7 Å². The van der Waals surface area contributed by atoms with Gasteiger partial charge in [-0.2, -0.15) is 0 Å². The summed E-state index contributed by atoms with van der Waals surface area (Å²) in [6.07, 6.45) is -1.04. The van der Waals surface area contributed by atoms with Crippen molar-refractivity contribution in [3.8, 4) is 5.75 Å². The molecule has 1 heterocycles. The molecule has 0 unspecified atom stereocenters. The van der Waals surface area contributed by atoms with E-state index in [1.165, 1.54) is 38.3 Å². The van der Waals surface area contributed by atoms with Gasteiger partial charge < -0.3 is 9.47 Å². The highest BCUT2D eigenvalue weighted by Crippen LogP contribution is 2.69. The van der Waals surface area contributed by atoms with Crippen LogP contribution in [0.4, 0.5) is 5.69 Å². The predicted molar refractivity (Wildman–Crippen MR) is 164 cm³/mol. The Hall–Kier alpha value is -4.46. The summed E-state index contributed by atoms with van der Waals surface area (Å²) in [5.41, 5.74) is 3.68. The highest BCUT2D eigenvalue weighted by Gasteiger charge is 2.73. The summed E-state index contributed by atoms with van der Waals surface area (Å²) in [7, 11) is 1.53. The lowest BCUT2D eigenvalue weighted by atomic mass is 9.54. The molecule has 4 aliphatic rings. The molecular formula is C35H25Cl2NO6. The number of alkyl halides is 2. The number of Topliss-reactive ketones (excluding diaryl/α,β-unsaturated/α-hetero) is 1. The number of carbonyl (C=O) groups is 4. The number of halogens is 2. The zero-order valence-electron chi connectivity index (χ0n) is 23.6. The molecule has 9 heteroatoms. The Kier molecular flexibility index (Phi) is 6.46. The molecule has 4 aromatic rings. The second-order valence-corrected chi connectivity index (χ2v) is 12.4. The zero-order valence-corrected chi connectivity index (χ0v) is 25.1. The number of anilines is 1. The van der Waals surface area contributed by atoms with Crippen LogP contribution in [0.25, 0.3) is 0 Å². The van der Waals surface area contributed by atoms with Crippen LogP contribution >= 0.6 is 23.2 Å². The van der Waals surface area contributed by atoms with Crippen LogP contribution in [-0.4, -0.2) is 36.8 Å². The van der Waals surface area contributed by atoms with Crippen LogP contribution in [0, 0.1) is 11.8 Å². The first-order chi connectivity index (χ1) is 21.1. The van der Waals surface area contributed by atoms with Gasteiger partial charge in [0.1, 0.15) is 15.5 Å². The molecule has 3 atom stereocenters. The van der Waals surface area contributed by atoms with E-state index >= 15 is 0 Å². The largest absolute Gasteiger partial charge is 0.497 e. The summed E-state index contributed by atoms with van der Waals surface area (Å²) in [6.45, 7) is 1.50. The van der Waals surface area contributed by atoms with Gasteiger partial charge in [-0.25, -0.2) is 9.69 Å². The monoisotopic (exact) mass is 625 g/mol. The highest BCUT2D eigenvalue weighted by molar-refractivity contribution is 6.38. The Morgan fingerprint density at radius 1 is 0.705 bits per heavy atom. The van der Waals surface area contributed by atoms with Crippen molar-refractivity contribution in [3.63, 3.8) is 0 Å². The van der Waals surface area contributed by atoms with Crippen molar-refractivity contribution in [1.29, 1.82) is 0 Å². The fraction of sp³-hybridized carbons (Fsp3) is 0.200. The minimum Gasteiger partial charge on any atom is -0.497 e. The third-order valence-electron chi connectivity index (χ3n) is 8.97. The maximum atomic E-state index is 14.1. The fourth-order valence-corrected chi connectivity index (χ4v) is 8.04. The smallest absolute Gasteiger partial charge is 0.338 e. The van der Waals surface area contributed by atoms with Crippen molar-refractivity contribution in [2.45, 2.75) is 22.8 Å². The summed E-state index contributed by atoms with van der Waals surface area (Å²) in [6, 6.07) is 27.3. The number of rotatable bonds is 6. The van der Waals surface area contributed by atoms with Crippen LogP contribution in [0.2, 0.25) is 0 Å². The number of hydrogen-bond acceptors (Lipinski definition) is 6. The van der Waals surface area contributed by atoms with Gasteiger partial charge in [-0.15, -0.1) is 23.2 Å². The molecule has 0 saturated carbocycles. The van der Waals surface area contributed by atoms with Crippen molar-refractivity contribution in [3.05, 3.63) is 130 Å². The Morgan fingerprint density at radius 3 is 1.57 bits per heavy atom. The van der Waals surface area contributed by atoms with Gasteiger partial charge in [0.25, 0.3) is 0 Å². The third-order valence-corrected chi connectivity index (χ3v) is 10.3. The van der Waals surface area contributed by atoms with Crippen LogP contribution < -0.4 is 9.64 Å². The first kappa shape index (κ1) is 28.3. The molecule has 2 bridgehead atoms. The molecule has 7 nitrogen and oxygen atoms in total. The van der Waals surface area contributed by atoms with Crippen molar-refractivity contribution < 1.29 is 28.7 Å². The molecule has 220 valence electrons. The first-order valence-electron chi connectivity index (χ1n) is 14.1. The topological polar surface area (TPSA) is 90.0 Å². The van der Waals surface area contributed by atoms with Crippen LogP contribution in [0.5, 0.6) is 5.75 Å². The Morgan fingerprint density at radius 2 is 1.14 bits per heavy atom. The number of amides is 2. The van der Waals surface area contributed by atoms with Crippen LogP contribution in [0.1, 0.15) is 49.9 Å². The molecule has 1 fully saturated rings. The average molecular weight is 626 g/mol. The first-order valence-corrected chi connectivity index (χ1v) is 14.8. The molecule has 2 amide bonds. The Bertz CT molecular complexity index is 1750. The number of ether oxygens (including phenoxy) is 2. The quantitative estimate of drug-likeness (QED) is 0.109. The van der Waals surface area contributed by atoms with E-state index in [2.05, 4.69) is 0 Å². The summed E-state index contributed by atoms with van der Waals surface area (Å²) in [5, 5.41) is 0. The Labute approximate surface area is 263 Å². The van der Waals surface area contributed by atoms with E-state index in [1.807, 2.05) is 48.5 Å². The molecule has 1 aliphatic heterocycles. The van der Waals surface area contributed by atoms with Crippen molar-refractivity contribution in [2.75, 3.05) is 12.0 Å². The summed E-state index contributed by atoms with van der Waals surface area (Å²) in [4.78, 5) is 52.5. The number of imide groups is 1. The number of benzene rings is 4. The maximum absolute atomic E-state index is 14.1. The second-order valence-electron chi connectivity index (χ2n) is 11.2. The van der Waals surface area contributed by atoms with E-state index in [0.717, 1.165) is 27.2 Å². The lowest BCUT2D eigenvalue weighted by Crippen LogP contribution is -2.57. The van der Waals surface area contributed by atoms with Crippen LogP contribution in [0.15, 0.2) is 97.1 Å². The van der Waals surface area contributed by atoms with E-state index in [0.29, 0.717) is 11.3 Å². The molecule has 8 rings (SSSR count). The molecular weight excluding hydrogens is 601 g/mol. The van der Waals surface area contributed by atoms with E-state index < -0.39 is 45.5 Å². The van der Waals surface area contributed by atoms with Gasteiger partial charge in [0.2, 0.25) is 17.6 Å². The fourth-order valence-electron chi connectivity index (χ4n) is 6.94. The number of carbonyl (C=O) groups excluding carboxylic acids is 4. The molecule has 4 aromatic carbocycles. The SMILES string of the molecule is COc1ccc(C(=O)[C@@H](C)OC(=O)c2ccc(N3C(=O)[C@@H]4[C@H](C3=O)C3(Cl)c5ccccc5C4(Cl)c4ccccc43)cc2)cc1. The van der Waals surface area contributed by atoms with Gasteiger partial charge in [-0.05, 0) is 77.7 Å². The Balaban J connectivity index is 1.17. The highest BCUT2D eigenvalue weighted by atomic mass is 35.5. The molecule has 0 aromatic heterocycles. The molecule has 3 aliphatic carbocycles. The van der Waals surface area contributed by atoms with E-state index in [1.54, 1.807) is 24.3 Å². The number of nitrogens with zero attached hydrogens (tertiary/aromatic N) is 1. The summed E-state index contributed by atoms with van der Waals surface area (Å²) < 4.78 is 10.5. The molecule has 1 saturated heterocycles. The van der Waals surface area contributed by atoms with E-state index in [9.17, 15) is 19.2 Å². The third kappa shape index (κ3) is 3.75. The summed E-state index contributed by atoms with van der Waals surface area (Å²) in [5.74, 6) is -3.28. The molecule has 44 heavy (non-hydrogen) atoms. The second kappa shape index (κ2) is 10.0. The van der Waals surface area contributed by atoms with Crippen molar-refractivity contribution in [2.24, 2.45) is 11.8 Å². The molecule has 0 spiro atoms. The number of hydrogen-bond donors (Lipinski definition) is 0.